The third-order valence-corrected chi connectivity index (χ3v) is 2.84. The molecule has 0 saturated carbocycles. The number of primary amides is 1. The number of nitrogens with zero attached hydrogens (tertiary/aromatic N) is 1. The number of para-hydroxylation sites is 1. The van der Waals surface area contributed by atoms with Gasteiger partial charge < -0.3 is 15.2 Å². The lowest BCUT2D eigenvalue weighted by Crippen LogP contribution is -2.19. The van der Waals surface area contributed by atoms with Crippen molar-refractivity contribution >= 4 is 6.09 Å². The molecule has 0 unspecified atom stereocenters. The number of hydrogen-bond acceptors (Lipinski definition) is 4. The first-order valence-corrected chi connectivity index (χ1v) is 6.57. The van der Waals surface area contributed by atoms with Crippen LogP contribution >= 0.6 is 0 Å². The fraction of sp³-hybridized carbons (Fsp3) is 0.250. The molecule has 0 aliphatic carbocycles. The first-order chi connectivity index (χ1) is 9.88. The van der Waals surface area contributed by atoms with E-state index in [1.165, 1.54) is 0 Å². The number of amides is 1. The topological polar surface area (TPSA) is 74.4 Å². The Balaban J connectivity index is 2.50. The van der Waals surface area contributed by atoms with Crippen molar-refractivity contribution in [3.05, 3.63) is 48.2 Å². The predicted octanol–water partition coefficient (Wildman–Crippen LogP) is 3.63. The van der Waals surface area contributed by atoms with Crippen molar-refractivity contribution in [1.29, 1.82) is 0 Å². The van der Waals surface area contributed by atoms with Gasteiger partial charge in [-0.05, 0) is 23.6 Å². The number of benzene rings is 1. The summed E-state index contributed by atoms with van der Waals surface area (Å²) in [5, 5.41) is 0. The van der Waals surface area contributed by atoms with E-state index in [4.69, 9.17) is 15.2 Å². The standard InChI is InChI=1S/C16H18N2O3/c1-16(2,3)12-9-10-18-14(21-15(17)19)13(12)20-11-7-5-4-6-8-11/h4-10H,1-3H3,(H2,17,19). The summed E-state index contributed by atoms with van der Waals surface area (Å²) in [6, 6.07) is 11.1. The van der Waals surface area contributed by atoms with E-state index in [9.17, 15) is 4.79 Å². The molecule has 1 aromatic carbocycles. The summed E-state index contributed by atoms with van der Waals surface area (Å²) in [5.41, 5.74) is 5.76. The minimum atomic E-state index is -0.925. The molecule has 0 fully saturated rings. The molecule has 21 heavy (non-hydrogen) atoms. The second-order valence-corrected chi connectivity index (χ2v) is 5.58. The Hall–Kier alpha value is -2.56. The van der Waals surface area contributed by atoms with Crippen LogP contribution in [0.4, 0.5) is 4.79 Å². The molecule has 0 radical (unpaired) electrons. The van der Waals surface area contributed by atoms with E-state index in [0.717, 1.165) is 5.56 Å². The number of pyridine rings is 1. The molecule has 1 heterocycles. The van der Waals surface area contributed by atoms with Crippen molar-refractivity contribution < 1.29 is 14.3 Å². The molecular formula is C16H18N2O3. The van der Waals surface area contributed by atoms with Crippen LogP contribution in [-0.2, 0) is 5.41 Å². The number of carbonyl (C=O) groups is 1. The van der Waals surface area contributed by atoms with Crippen LogP contribution in [0.25, 0.3) is 0 Å². The van der Waals surface area contributed by atoms with Gasteiger partial charge in [0.25, 0.3) is 5.88 Å². The third-order valence-electron chi connectivity index (χ3n) is 2.84. The lowest BCUT2D eigenvalue weighted by atomic mass is 9.87. The summed E-state index contributed by atoms with van der Waals surface area (Å²) in [5.74, 6) is 1.10. The lowest BCUT2D eigenvalue weighted by Gasteiger charge is -2.23. The van der Waals surface area contributed by atoms with Crippen LogP contribution in [-0.4, -0.2) is 11.1 Å². The maximum absolute atomic E-state index is 11.0. The van der Waals surface area contributed by atoms with Crippen molar-refractivity contribution in [2.24, 2.45) is 5.73 Å². The molecule has 0 bridgehead atoms. The smallest absolute Gasteiger partial charge is 0.411 e. The van der Waals surface area contributed by atoms with Crippen LogP contribution in [0.3, 0.4) is 0 Å². The summed E-state index contributed by atoms with van der Waals surface area (Å²) < 4.78 is 10.8. The Morgan fingerprint density at radius 3 is 2.38 bits per heavy atom. The SMILES string of the molecule is CC(C)(C)c1ccnc(OC(N)=O)c1Oc1ccccc1. The summed E-state index contributed by atoms with van der Waals surface area (Å²) in [4.78, 5) is 15.1. The highest BCUT2D eigenvalue weighted by Crippen LogP contribution is 2.39. The molecule has 2 rings (SSSR count). The third kappa shape index (κ3) is 3.72. The van der Waals surface area contributed by atoms with Gasteiger partial charge in [-0.2, -0.15) is 0 Å². The second-order valence-electron chi connectivity index (χ2n) is 5.58. The van der Waals surface area contributed by atoms with Crippen LogP contribution in [0.5, 0.6) is 17.4 Å². The Kier molecular flexibility index (Phi) is 4.12. The van der Waals surface area contributed by atoms with Gasteiger partial charge >= 0.3 is 6.09 Å². The Bertz CT molecular complexity index is 634. The van der Waals surface area contributed by atoms with Gasteiger partial charge in [-0.3, -0.25) is 0 Å². The van der Waals surface area contributed by atoms with Gasteiger partial charge in [-0.1, -0.05) is 39.0 Å². The zero-order chi connectivity index (χ0) is 15.5. The Labute approximate surface area is 123 Å². The fourth-order valence-corrected chi connectivity index (χ4v) is 1.89. The molecular weight excluding hydrogens is 268 g/mol. The highest BCUT2D eigenvalue weighted by atomic mass is 16.6. The van der Waals surface area contributed by atoms with Gasteiger partial charge in [-0.15, -0.1) is 0 Å². The molecule has 1 amide bonds. The summed E-state index contributed by atoms with van der Waals surface area (Å²) in [6.07, 6.45) is 0.642. The van der Waals surface area contributed by atoms with Crippen LogP contribution in [0.2, 0.25) is 0 Å². The fourth-order valence-electron chi connectivity index (χ4n) is 1.89. The number of rotatable bonds is 3. The normalized spacial score (nSPS) is 11.0. The van der Waals surface area contributed by atoms with Crippen molar-refractivity contribution in [2.45, 2.75) is 26.2 Å². The van der Waals surface area contributed by atoms with Crippen LogP contribution < -0.4 is 15.2 Å². The largest absolute Gasteiger partial charge is 0.451 e. The maximum atomic E-state index is 11.0. The van der Waals surface area contributed by atoms with Crippen LogP contribution in [0, 0.1) is 0 Å². The van der Waals surface area contributed by atoms with Crippen molar-refractivity contribution in [3.8, 4) is 17.4 Å². The van der Waals surface area contributed by atoms with Crippen LogP contribution in [0.1, 0.15) is 26.3 Å². The molecule has 5 nitrogen and oxygen atoms in total. The van der Waals surface area contributed by atoms with Gasteiger partial charge in [0.2, 0.25) is 0 Å². The average Bonchev–Trinajstić information content (AvgIpc) is 2.40. The Morgan fingerprint density at radius 1 is 1.14 bits per heavy atom. The van der Waals surface area contributed by atoms with E-state index < -0.39 is 6.09 Å². The molecule has 1 aromatic heterocycles. The van der Waals surface area contributed by atoms with Gasteiger partial charge in [0.15, 0.2) is 5.75 Å². The molecule has 0 aliphatic heterocycles. The molecule has 110 valence electrons. The van der Waals surface area contributed by atoms with E-state index in [0.29, 0.717) is 11.5 Å². The molecule has 0 aliphatic rings. The number of nitrogens with two attached hydrogens (primary N) is 1. The first-order valence-electron chi connectivity index (χ1n) is 6.57. The molecule has 2 N–H and O–H groups in total. The van der Waals surface area contributed by atoms with E-state index in [1.54, 1.807) is 6.20 Å². The molecule has 0 spiro atoms. The van der Waals surface area contributed by atoms with E-state index in [2.05, 4.69) is 4.98 Å². The second kappa shape index (κ2) is 5.83. The van der Waals surface area contributed by atoms with E-state index in [-0.39, 0.29) is 11.3 Å². The van der Waals surface area contributed by atoms with E-state index >= 15 is 0 Å². The molecule has 5 heteroatoms. The molecule has 2 aromatic rings. The monoisotopic (exact) mass is 286 g/mol. The number of hydrogen-bond donors (Lipinski definition) is 1. The minimum absolute atomic E-state index is 0.0683. The quantitative estimate of drug-likeness (QED) is 0.935. The Morgan fingerprint density at radius 2 is 1.81 bits per heavy atom. The maximum Gasteiger partial charge on any atom is 0.411 e. The highest BCUT2D eigenvalue weighted by Gasteiger charge is 2.24. The van der Waals surface area contributed by atoms with E-state index in [1.807, 2.05) is 57.2 Å². The number of carbonyl (C=O) groups excluding carboxylic acids is 1. The summed E-state index contributed by atoms with van der Waals surface area (Å²) in [7, 11) is 0. The minimum Gasteiger partial charge on any atom is -0.451 e. The summed E-state index contributed by atoms with van der Waals surface area (Å²) >= 11 is 0. The highest BCUT2D eigenvalue weighted by molar-refractivity contribution is 5.69. The van der Waals surface area contributed by atoms with Crippen molar-refractivity contribution in [3.63, 3.8) is 0 Å². The zero-order valence-electron chi connectivity index (χ0n) is 12.3. The molecule has 0 atom stereocenters. The van der Waals surface area contributed by atoms with Gasteiger partial charge in [0.05, 0.1) is 0 Å². The predicted molar refractivity (Wildman–Crippen MR) is 79.7 cm³/mol. The summed E-state index contributed by atoms with van der Waals surface area (Å²) in [6.45, 7) is 6.11. The van der Waals surface area contributed by atoms with Gasteiger partial charge in [0, 0.05) is 11.8 Å². The van der Waals surface area contributed by atoms with Crippen molar-refractivity contribution in [1.82, 2.24) is 4.98 Å². The number of aromatic nitrogens is 1. The lowest BCUT2D eigenvalue weighted by molar-refractivity contribution is 0.207. The average molecular weight is 286 g/mol. The molecule has 0 saturated heterocycles. The zero-order valence-corrected chi connectivity index (χ0v) is 12.3. The number of ether oxygens (including phenoxy) is 2. The van der Waals surface area contributed by atoms with Gasteiger partial charge in [0.1, 0.15) is 5.75 Å². The van der Waals surface area contributed by atoms with Crippen molar-refractivity contribution in [2.75, 3.05) is 0 Å². The first kappa shape index (κ1) is 14.8. The van der Waals surface area contributed by atoms with Crippen LogP contribution in [0.15, 0.2) is 42.6 Å². The van der Waals surface area contributed by atoms with Gasteiger partial charge in [-0.25, -0.2) is 9.78 Å².